The van der Waals surface area contributed by atoms with Gasteiger partial charge in [-0.2, -0.15) is 0 Å². The standard InChI is InChI=1S/C24H21F3N2O6S/c1-3-29(36(33,34)20-13-4-15(2)21(14-20)23(31)32)18-9-7-17(8-10-18)28-22(30)16-5-11-19(12-6-16)35-24(25,26)27/h4-14H,3H2,1-2H3,(H,28,30)(H,31,32). The summed E-state index contributed by atoms with van der Waals surface area (Å²) in [5.74, 6) is -2.30. The van der Waals surface area contributed by atoms with Crippen molar-refractivity contribution >= 4 is 33.3 Å². The molecule has 12 heteroatoms. The number of ether oxygens (including phenoxy) is 1. The summed E-state index contributed by atoms with van der Waals surface area (Å²) in [6.45, 7) is 3.23. The first-order valence-corrected chi connectivity index (χ1v) is 11.9. The first-order valence-electron chi connectivity index (χ1n) is 10.5. The van der Waals surface area contributed by atoms with Gasteiger partial charge in [-0.25, -0.2) is 13.2 Å². The van der Waals surface area contributed by atoms with E-state index < -0.39 is 34.0 Å². The van der Waals surface area contributed by atoms with Crippen LogP contribution in [-0.4, -0.2) is 38.3 Å². The van der Waals surface area contributed by atoms with Crippen LogP contribution in [0.4, 0.5) is 24.5 Å². The number of anilines is 2. The fourth-order valence-corrected chi connectivity index (χ4v) is 4.83. The lowest BCUT2D eigenvalue weighted by Crippen LogP contribution is -2.31. The highest BCUT2D eigenvalue weighted by molar-refractivity contribution is 7.92. The van der Waals surface area contributed by atoms with Crippen LogP contribution < -0.4 is 14.4 Å². The minimum atomic E-state index is -4.84. The average Bonchev–Trinajstić information content (AvgIpc) is 2.80. The van der Waals surface area contributed by atoms with Gasteiger partial charge in [0, 0.05) is 17.8 Å². The van der Waals surface area contributed by atoms with Crippen molar-refractivity contribution in [2.45, 2.75) is 25.1 Å². The van der Waals surface area contributed by atoms with Crippen LogP contribution in [0, 0.1) is 6.92 Å². The van der Waals surface area contributed by atoms with Crippen LogP contribution >= 0.6 is 0 Å². The molecule has 0 aliphatic carbocycles. The Morgan fingerprint density at radius 3 is 2.14 bits per heavy atom. The molecule has 0 bridgehead atoms. The molecule has 0 aromatic heterocycles. The van der Waals surface area contributed by atoms with Crippen molar-refractivity contribution in [1.82, 2.24) is 0 Å². The number of carboxylic acid groups (broad SMARTS) is 1. The molecule has 3 rings (SSSR count). The Balaban J connectivity index is 1.77. The van der Waals surface area contributed by atoms with Crippen molar-refractivity contribution in [3.8, 4) is 5.75 Å². The van der Waals surface area contributed by atoms with E-state index >= 15 is 0 Å². The van der Waals surface area contributed by atoms with E-state index in [2.05, 4.69) is 10.1 Å². The fourth-order valence-electron chi connectivity index (χ4n) is 3.33. The summed E-state index contributed by atoms with van der Waals surface area (Å²) >= 11 is 0. The zero-order valence-electron chi connectivity index (χ0n) is 19.0. The molecule has 0 radical (unpaired) electrons. The molecule has 0 unspecified atom stereocenters. The number of hydrogen-bond donors (Lipinski definition) is 2. The van der Waals surface area contributed by atoms with E-state index in [1.807, 2.05) is 0 Å². The third-order valence-corrected chi connectivity index (χ3v) is 6.98. The Bertz CT molecular complexity index is 1370. The zero-order valence-corrected chi connectivity index (χ0v) is 19.9. The van der Waals surface area contributed by atoms with Crippen LogP contribution in [0.1, 0.15) is 33.2 Å². The highest BCUT2D eigenvalue weighted by atomic mass is 32.2. The van der Waals surface area contributed by atoms with E-state index in [4.69, 9.17) is 0 Å². The number of rotatable bonds is 8. The van der Waals surface area contributed by atoms with Gasteiger partial charge in [0.1, 0.15) is 5.75 Å². The smallest absolute Gasteiger partial charge is 0.478 e. The third kappa shape index (κ3) is 6.13. The molecule has 0 atom stereocenters. The number of nitrogens with one attached hydrogen (secondary N) is 1. The molecule has 0 aliphatic heterocycles. The molecule has 0 saturated heterocycles. The predicted octanol–water partition coefficient (Wildman–Crippen LogP) is 5.06. The quantitative estimate of drug-likeness (QED) is 0.428. The minimum absolute atomic E-state index is 0.0522. The first-order chi connectivity index (χ1) is 16.8. The summed E-state index contributed by atoms with van der Waals surface area (Å²) in [4.78, 5) is 23.7. The molecule has 36 heavy (non-hydrogen) atoms. The molecular formula is C24H21F3N2O6S. The Morgan fingerprint density at radius 2 is 1.61 bits per heavy atom. The molecule has 0 spiro atoms. The molecule has 0 heterocycles. The Morgan fingerprint density at radius 1 is 1.00 bits per heavy atom. The number of halogens is 3. The number of nitrogens with zero attached hydrogens (tertiary/aromatic N) is 1. The maximum Gasteiger partial charge on any atom is 0.573 e. The fraction of sp³-hybridized carbons (Fsp3) is 0.167. The number of sulfonamides is 1. The topological polar surface area (TPSA) is 113 Å². The van der Waals surface area contributed by atoms with Gasteiger partial charge in [-0.15, -0.1) is 13.2 Å². The molecule has 190 valence electrons. The van der Waals surface area contributed by atoms with Gasteiger partial charge in [0.15, 0.2) is 0 Å². The lowest BCUT2D eigenvalue weighted by atomic mass is 10.1. The maximum absolute atomic E-state index is 13.2. The number of carboxylic acids is 1. The van der Waals surface area contributed by atoms with Crippen LogP contribution in [-0.2, 0) is 10.0 Å². The largest absolute Gasteiger partial charge is 0.573 e. The van der Waals surface area contributed by atoms with E-state index in [0.29, 0.717) is 11.3 Å². The average molecular weight is 523 g/mol. The number of carbonyl (C=O) groups is 2. The second kappa shape index (κ2) is 10.3. The molecule has 3 aromatic carbocycles. The van der Waals surface area contributed by atoms with E-state index in [-0.39, 0.29) is 28.3 Å². The van der Waals surface area contributed by atoms with Crippen molar-refractivity contribution in [3.63, 3.8) is 0 Å². The predicted molar refractivity (Wildman–Crippen MR) is 126 cm³/mol. The zero-order chi connectivity index (χ0) is 26.7. The molecule has 1 amide bonds. The minimum Gasteiger partial charge on any atom is -0.478 e. The van der Waals surface area contributed by atoms with Gasteiger partial charge >= 0.3 is 12.3 Å². The van der Waals surface area contributed by atoms with Crippen LogP contribution in [0.15, 0.2) is 71.6 Å². The number of carbonyl (C=O) groups excluding carboxylic acids is 1. The summed E-state index contributed by atoms with van der Waals surface area (Å²) in [5, 5.41) is 11.9. The van der Waals surface area contributed by atoms with Gasteiger partial charge in [-0.05, 0) is 80.1 Å². The van der Waals surface area contributed by atoms with E-state index in [9.17, 15) is 36.3 Å². The number of benzene rings is 3. The van der Waals surface area contributed by atoms with Crippen molar-refractivity contribution in [2.24, 2.45) is 0 Å². The highest BCUT2D eigenvalue weighted by Gasteiger charge is 2.31. The number of aryl methyl sites for hydroxylation is 1. The maximum atomic E-state index is 13.2. The first kappa shape index (κ1) is 26.5. The van der Waals surface area contributed by atoms with Crippen molar-refractivity contribution < 1.29 is 41.0 Å². The summed E-state index contributed by atoms with van der Waals surface area (Å²) in [6, 6.07) is 14.1. The van der Waals surface area contributed by atoms with Crippen molar-refractivity contribution in [2.75, 3.05) is 16.2 Å². The summed E-state index contributed by atoms with van der Waals surface area (Å²) in [6.07, 6.45) is -4.84. The lowest BCUT2D eigenvalue weighted by molar-refractivity contribution is -0.274. The van der Waals surface area contributed by atoms with E-state index in [1.165, 1.54) is 48.5 Å². The number of amides is 1. The summed E-state index contributed by atoms with van der Waals surface area (Å²) < 4.78 is 68.1. The van der Waals surface area contributed by atoms with E-state index in [0.717, 1.165) is 22.5 Å². The second-order valence-electron chi connectivity index (χ2n) is 7.52. The lowest BCUT2D eigenvalue weighted by Gasteiger charge is -2.23. The van der Waals surface area contributed by atoms with Crippen LogP contribution in [0.25, 0.3) is 0 Å². The van der Waals surface area contributed by atoms with Gasteiger partial charge in [-0.1, -0.05) is 6.07 Å². The number of alkyl halides is 3. The van der Waals surface area contributed by atoms with Crippen molar-refractivity contribution in [3.05, 3.63) is 83.4 Å². The van der Waals surface area contributed by atoms with Gasteiger partial charge in [-0.3, -0.25) is 9.10 Å². The third-order valence-electron chi connectivity index (χ3n) is 5.08. The monoisotopic (exact) mass is 522 g/mol. The Kier molecular flexibility index (Phi) is 7.58. The Labute approximate surface area is 205 Å². The molecule has 2 N–H and O–H groups in total. The SMILES string of the molecule is CCN(c1ccc(NC(=O)c2ccc(OC(F)(F)F)cc2)cc1)S(=O)(=O)c1ccc(C)c(C(=O)O)c1. The van der Waals surface area contributed by atoms with Gasteiger partial charge in [0.25, 0.3) is 15.9 Å². The normalized spacial score (nSPS) is 11.6. The van der Waals surface area contributed by atoms with Crippen LogP contribution in [0.3, 0.4) is 0 Å². The summed E-state index contributed by atoms with van der Waals surface area (Å²) in [5.41, 5.74) is 0.980. The van der Waals surface area contributed by atoms with Gasteiger partial charge < -0.3 is 15.2 Å². The number of aromatic carboxylic acids is 1. The second-order valence-corrected chi connectivity index (χ2v) is 9.39. The molecule has 3 aromatic rings. The van der Waals surface area contributed by atoms with Crippen LogP contribution in [0.2, 0.25) is 0 Å². The summed E-state index contributed by atoms with van der Waals surface area (Å²) in [7, 11) is -4.08. The van der Waals surface area contributed by atoms with Crippen molar-refractivity contribution in [1.29, 1.82) is 0 Å². The van der Waals surface area contributed by atoms with Gasteiger partial charge in [0.05, 0.1) is 16.1 Å². The van der Waals surface area contributed by atoms with E-state index in [1.54, 1.807) is 13.8 Å². The molecule has 8 nitrogen and oxygen atoms in total. The molecule has 0 saturated carbocycles. The molecular weight excluding hydrogens is 501 g/mol. The van der Waals surface area contributed by atoms with Crippen LogP contribution in [0.5, 0.6) is 5.75 Å². The highest BCUT2D eigenvalue weighted by Crippen LogP contribution is 2.27. The molecule has 0 aliphatic rings. The van der Waals surface area contributed by atoms with Gasteiger partial charge in [0.2, 0.25) is 0 Å². The molecule has 0 fully saturated rings. The number of hydrogen-bond acceptors (Lipinski definition) is 5. The Hall–Kier alpha value is -4.06.